The van der Waals surface area contributed by atoms with Crippen LogP contribution in [-0.2, 0) is 5.41 Å². The van der Waals surface area contributed by atoms with E-state index >= 15 is 0 Å². The molecule has 0 saturated heterocycles. The highest BCUT2D eigenvalue weighted by Crippen LogP contribution is 2.59. The number of benzene rings is 1. The monoisotopic (exact) mass is 319 g/mol. The molecule has 1 aromatic rings. The first-order chi connectivity index (χ1) is 9.10. The summed E-state index contributed by atoms with van der Waals surface area (Å²) in [4.78, 5) is 0. The van der Waals surface area contributed by atoms with Crippen molar-refractivity contribution in [1.82, 2.24) is 0 Å². The summed E-state index contributed by atoms with van der Waals surface area (Å²) < 4.78 is 1.08. The molecule has 0 spiro atoms. The van der Waals surface area contributed by atoms with E-state index in [0.717, 1.165) is 17.3 Å². The zero-order chi connectivity index (χ0) is 13.9. The third-order valence-corrected chi connectivity index (χ3v) is 5.05. The summed E-state index contributed by atoms with van der Waals surface area (Å²) in [5.74, 6) is 0. The molecule has 1 nitrogen and oxygen atoms in total. The number of nitrogens with zero attached hydrogens (tertiary/aromatic N) is 1. The average molecular weight is 320 g/mol. The van der Waals surface area contributed by atoms with Gasteiger partial charge in [0.2, 0.25) is 0 Å². The first-order valence-electron chi connectivity index (χ1n) is 7.27. The standard InChI is InChI=1S/C17H22BrN/c1-3-9-16(10-4-2)11-17(12-16,13-19)14-5-7-15(18)8-6-14/h5-8H,3-4,9-12H2,1-2H3. The van der Waals surface area contributed by atoms with Crippen LogP contribution in [-0.4, -0.2) is 0 Å². The molecular formula is C17H22BrN. The van der Waals surface area contributed by atoms with Crippen molar-refractivity contribution in [1.29, 1.82) is 5.26 Å². The van der Waals surface area contributed by atoms with Gasteiger partial charge in [0, 0.05) is 4.47 Å². The molecule has 2 heteroatoms. The van der Waals surface area contributed by atoms with E-state index in [1.54, 1.807) is 0 Å². The van der Waals surface area contributed by atoms with E-state index in [2.05, 4.69) is 48.0 Å². The van der Waals surface area contributed by atoms with Gasteiger partial charge in [-0.15, -0.1) is 0 Å². The summed E-state index contributed by atoms with van der Waals surface area (Å²) in [5.41, 5.74) is 1.39. The SMILES string of the molecule is CCCC1(CCC)CC(C#N)(c2ccc(Br)cc2)C1. The van der Waals surface area contributed by atoms with Gasteiger partial charge in [-0.05, 0) is 48.8 Å². The van der Waals surface area contributed by atoms with Gasteiger partial charge in [0.05, 0.1) is 11.5 Å². The molecule has 0 N–H and O–H groups in total. The first-order valence-corrected chi connectivity index (χ1v) is 8.06. The Hall–Kier alpha value is -0.810. The van der Waals surface area contributed by atoms with Gasteiger partial charge in [-0.1, -0.05) is 54.8 Å². The van der Waals surface area contributed by atoms with Crippen LogP contribution in [0.1, 0.15) is 57.9 Å². The van der Waals surface area contributed by atoms with Crippen LogP contribution in [0.5, 0.6) is 0 Å². The van der Waals surface area contributed by atoms with Crippen molar-refractivity contribution in [2.75, 3.05) is 0 Å². The number of nitriles is 1. The largest absolute Gasteiger partial charge is 0.197 e. The lowest BCUT2D eigenvalue weighted by molar-refractivity contribution is 0.0358. The van der Waals surface area contributed by atoms with E-state index in [4.69, 9.17) is 0 Å². The Bertz CT molecular complexity index is 455. The molecular weight excluding hydrogens is 298 g/mol. The molecule has 102 valence electrons. The molecule has 19 heavy (non-hydrogen) atoms. The smallest absolute Gasteiger partial charge is 0.0833 e. The highest BCUT2D eigenvalue weighted by atomic mass is 79.9. The van der Waals surface area contributed by atoms with Gasteiger partial charge in [0.1, 0.15) is 0 Å². The van der Waals surface area contributed by atoms with Gasteiger partial charge >= 0.3 is 0 Å². The molecule has 1 aromatic carbocycles. The molecule has 0 heterocycles. The van der Waals surface area contributed by atoms with Crippen molar-refractivity contribution >= 4 is 15.9 Å². The van der Waals surface area contributed by atoms with Gasteiger partial charge in [-0.25, -0.2) is 0 Å². The maximum atomic E-state index is 9.67. The molecule has 0 radical (unpaired) electrons. The second kappa shape index (κ2) is 5.67. The molecule has 2 rings (SSSR count). The highest BCUT2D eigenvalue weighted by Gasteiger charge is 2.54. The maximum absolute atomic E-state index is 9.67. The second-order valence-corrected chi connectivity index (χ2v) is 6.97. The first kappa shape index (κ1) is 14.6. The average Bonchev–Trinajstić information content (AvgIpc) is 2.36. The molecule has 1 aliphatic carbocycles. The predicted molar refractivity (Wildman–Crippen MR) is 82.9 cm³/mol. The summed E-state index contributed by atoms with van der Waals surface area (Å²) >= 11 is 3.46. The van der Waals surface area contributed by atoms with Crippen molar-refractivity contribution < 1.29 is 0 Å². The van der Waals surface area contributed by atoms with E-state index in [0.29, 0.717) is 5.41 Å². The van der Waals surface area contributed by atoms with Crippen LogP contribution in [0.3, 0.4) is 0 Å². The van der Waals surface area contributed by atoms with E-state index in [-0.39, 0.29) is 5.41 Å². The normalized spacial score (nSPS) is 19.5. The van der Waals surface area contributed by atoms with Crippen molar-refractivity contribution in [2.24, 2.45) is 5.41 Å². The van der Waals surface area contributed by atoms with Gasteiger partial charge in [-0.2, -0.15) is 5.26 Å². The Balaban J connectivity index is 2.20. The van der Waals surface area contributed by atoms with Crippen LogP contribution in [0.2, 0.25) is 0 Å². The Kier molecular flexibility index (Phi) is 4.36. The minimum Gasteiger partial charge on any atom is -0.197 e. The molecule has 1 fully saturated rings. The summed E-state index contributed by atoms with van der Waals surface area (Å²) in [6, 6.07) is 10.9. The van der Waals surface area contributed by atoms with Gasteiger partial charge in [0.25, 0.3) is 0 Å². The van der Waals surface area contributed by atoms with Crippen molar-refractivity contribution in [3.63, 3.8) is 0 Å². The third-order valence-electron chi connectivity index (χ3n) is 4.53. The highest BCUT2D eigenvalue weighted by molar-refractivity contribution is 9.10. The quantitative estimate of drug-likeness (QED) is 0.693. The Morgan fingerprint density at radius 3 is 2.05 bits per heavy atom. The topological polar surface area (TPSA) is 23.8 Å². The Morgan fingerprint density at radius 1 is 1.11 bits per heavy atom. The van der Waals surface area contributed by atoms with E-state index < -0.39 is 0 Å². The number of halogens is 1. The minimum absolute atomic E-state index is 0.231. The Labute approximate surface area is 125 Å². The van der Waals surface area contributed by atoms with Crippen molar-refractivity contribution in [3.05, 3.63) is 34.3 Å². The van der Waals surface area contributed by atoms with E-state index in [9.17, 15) is 5.26 Å². The van der Waals surface area contributed by atoms with Gasteiger partial charge in [-0.3, -0.25) is 0 Å². The summed E-state index contributed by atoms with van der Waals surface area (Å²) in [7, 11) is 0. The van der Waals surface area contributed by atoms with Crippen LogP contribution in [0.4, 0.5) is 0 Å². The molecule has 0 aromatic heterocycles. The number of rotatable bonds is 5. The second-order valence-electron chi connectivity index (χ2n) is 6.05. The van der Waals surface area contributed by atoms with Crippen molar-refractivity contribution in [3.8, 4) is 6.07 Å². The maximum Gasteiger partial charge on any atom is 0.0833 e. The zero-order valence-electron chi connectivity index (χ0n) is 11.9. The lowest BCUT2D eigenvalue weighted by Crippen LogP contribution is -2.48. The molecule has 0 aliphatic heterocycles. The van der Waals surface area contributed by atoms with Crippen LogP contribution >= 0.6 is 15.9 Å². The van der Waals surface area contributed by atoms with Gasteiger partial charge < -0.3 is 0 Å². The van der Waals surface area contributed by atoms with E-state index in [1.165, 1.54) is 31.2 Å². The summed E-state index contributed by atoms with van der Waals surface area (Å²) in [5, 5.41) is 9.67. The van der Waals surface area contributed by atoms with Crippen LogP contribution < -0.4 is 0 Å². The molecule has 1 saturated carbocycles. The Morgan fingerprint density at radius 2 is 1.63 bits per heavy atom. The number of hydrogen-bond donors (Lipinski definition) is 0. The summed E-state index contributed by atoms with van der Waals surface area (Å²) in [6.07, 6.45) is 7.06. The van der Waals surface area contributed by atoms with Gasteiger partial charge in [0.15, 0.2) is 0 Å². The fourth-order valence-corrected chi connectivity index (χ4v) is 4.15. The molecule has 1 aliphatic rings. The predicted octanol–water partition coefficient (Wildman–Crippen LogP) is 5.59. The van der Waals surface area contributed by atoms with Crippen LogP contribution in [0.25, 0.3) is 0 Å². The fourth-order valence-electron chi connectivity index (χ4n) is 3.88. The third kappa shape index (κ3) is 2.72. The molecule has 0 unspecified atom stereocenters. The fraction of sp³-hybridized carbons (Fsp3) is 0.588. The lowest BCUT2D eigenvalue weighted by Gasteiger charge is -2.53. The molecule has 0 amide bonds. The van der Waals surface area contributed by atoms with Crippen LogP contribution in [0.15, 0.2) is 28.7 Å². The summed E-state index contributed by atoms with van der Waals surface area (Å²) in [6.45, 7) is 4.51. The molecule has 0 atom stereocenters. The molecule has 0 bridgehead atoms. The van der Waals surface area contributed by atoms with Crippen molar-refractivity contribution in [2.45, 2.75) is 57.8 Å². The zero-order valence-corrected chi connectivity index (χ0v) is 13.5. The van der Waals surface area contributed by atoms with E-state index in [1.807, 2.05) is 12.1 Å². The number of hydrogen-bond acceptors (Lipinski definition) is 1. The minimum atomic E-state index is -0.231. The van der Waals surface area contributed by atoms with Crippen LogP contribution in [0, 0.1) is 16.7 Å². The lowest BCUT2D eigenvalue weighted by atomic mass is 9.48.